The molecule has 0 bridgehead atoms. The van der Waals surface area contributed by atoms with Gasteiger partial charge in [-0.15, -0.1) is 0 Å². The number of nitrogens with one attached hydrogen (secondary N) is 1. The fourth-order valence-electron chi connectivity index (χ4n) is 1.61. The van der Waals surface area contributed by atoms with Crippen LogP contribution in [-0.4, -0.2) is 32.3 Å². The highest BCUT2D eigenvalue weighted by Gasteiger charge is 2.07. The monoisotopic (exact) mass is 251 g/mol. The molecule has 0 spiro atoms. The molecule has 1 rings (SSSR count). The van der Waals surface area contributed by atoms with E-state index in [-0.39, 0.29) is 18.6 Å². The Bertz CT molecular complexity index is 379. The molecule has 100 valence electrons. The molecule has 1 amide bonds. The van der Waals surface area contributed by atoms with Gasteiger partial charge in [0, 0.05) is 13.2 Å². The lowest BCUT2D eigenvalue weighted by Crippen LogP contribution is -2.38. The summed E-state index contributed by atoms with van der Waals surface area (Å²) in [5, 5.41) is 2.79. The zero-order valence-electron chi connectivity index (χ0n) is 11.2. The van der Waals surface area contributed by atoms with Crippen molar-refractivity contribution in [3.63, 3.8) is 0 Å². The third kappa shape index (κ3) is 5.19. The Morgan fingerprint density at radius 3 is 2.89 bits per heavy atom. The highest BCUT2D eigenvalue weighted by Crippen LogP contribution is 2.13. The van der Waals surface area contributed by atoms with Gasteiger partial charge in [-0.1, -0.05) is 19.1 Å². The third-order valence-electron chi connectivity index (χ3n) is 2.50. The van der Waals surface area contributed by atoms with Crippen molar-refractivity contribution in [2.45, 2.75) is 26.3 Å². The van der Waals surface area contributed by atoms with Crippen LogP contribution in [0, 0.1) is 0 Å². The standard InChI is InChI=1S/C14H21NO3/c1-4-12-6-5-7-13(8-12)18-10-14(16)15-11(2)9-17-3/h5-8,11H,4,9-10H2,1-3H3,(H,15,16)/t11-/m0/s1. The van der Waals surface area contributed by atoms with Crippen molar-refractivity contribution < 1.29 is 14.3 Å². The van der Waals surface area contributed by atoms with Crippen molar-refractivity contribution in [1.29, 1.82) is 0 Å². The number of hydrogen-bond acceptors (Lipinski definition) is 3. The van der Waals surface area contributed by atoms with Crippen LogP contribution in [0.4, 0.5) is 0 Å². The topological polar surface area (TPSA) is 47.6 Å². The van der Waals surface area contributed by atoms with Crippen LogP contribution < -0.4 is 10.1 Å². The molecule has 0 aliphatic rings. The van der Waals surface area contributed by atoms with E-state index in [9.17, 15) is 4.79 Å². The van der Waals surface area contributed by atoms with Gasteiger partial charge in [0.05, 0.1) is 6.61 Å². The van der Waals surface area contributed by atoms with Crippen molar-refractivity contribution in [2.75, 3.05) is 20.3 Å². The van der Waals surface area contributed by atoms with Crippen molar-refractivity contribution in [1.82, 2.24) is 5.32 Å². The first kappa shape index (κ1) is 14.5. The number of amides is 1. The molecule has 4 heteroatoms. The summed E-state index contributed by atoms with van der Waals surface area (Å²) in [6.45, 7) is 4.50. The Morgan fingerprint density at radius 1 is 1.44 bits per heavy atom. The summed E-state index contributed by atoms with van der Waals surface area (Å²) in [5.74, 6) is 0.588. The molecule has 1 aromatic rings. The van der Waals surface area contributed by atoms with Gasteiger partial charge in [0.2, 0.25) is 0 Å². The van der Waals surface area contributed by atoms with Crippen LogP contribution >= 0.6 is 0 Å². The molecular formula is C14H21NO3. The molecule has 1 N–H and O–H groups in total. The molecule has 1 aromatic carbocycles. The number of carbonyl (C=O) groups excluding carboxylic acids is 1. The quantitative estimate of drug-likeness (QED) is 0.803. The van der Waals surface area contributed by atoms with E-state index in [1.807, 2.05) is 31.2 Å². The van der Waals surface area contributed by atoms with E-state index >= 15 is 0 Å². The second-order valence-corrected chi connectivity index (χ2v) is 4.21. The minimum absolute atomic E-state index is 0.00641. The maximum absolute atomic E-state index is 11.6. The van der Waals surface area contributed by atoms with Gasteiger partial charge >= 0.3 is 0 Å². The average Bonchev–Trinajstić information content (AvgIpc) is 2.37. The Morgan fingerprint density at radius 2 is 2.22 bits per heavy atom. The minimum atomic E-state index is -0.138. The Kier molecular flexibility index (Phi) is 6.22. The number of ether oxygens (including phenoxy) is 2. The zero-order chi connectivity index (χ0) is 13.4. The Balaban J connectivity index is 2.37. The van der Waals surface area contributed by atoms with E-state index in [4.69, 9.17) is 9.47 Å². The largest absolute Gasteiger partial charge is 0.484 e. The van der Waals surface area contributed by atoms with Gasteiger partial charge in [0.15, 0.2) is 6.61 Å². The van der Waals surface area contributed by atoms with Crippen LogP contribution in [0.25, 0.3) is 0 Å². The number of rotatable bonds is 7. The Labute approximate surface area is 108 Å². The summed E-state index contributed by atoms with van der Waals surface area (Å²) < 4.78 is 10.4. The van der Waals surface area contributed by atoms with E-state index < -0.39 is 0 Å². The molecule has 0 aliphatic carbocycles. The predicted molar refractivity (Wildman–Crippen MR) is 70.8 cm³/mol. The van der Waals surface area contributed by atoms with Crippen molar-refractivity contribution in [3.8, 4) is 5.75 Å². The van der Waals surface area contributed by atoms with E-state index in [0.717, 1.165) is 12.2 Å². The molecule has 18 heavy (non-hydrogen) atoms. The number of methoxy groups -OCH3 is 1. The molecule has 0 heterocycles. The smallest absolute Gasteiger partial charge is 0.258 e. The summed E-state index contributed by atoms with van der Waals surface area (Å²) >= 11 is 0. The number of carbonyl (C=O) groups is 1. The molecule has 0 fully saturated rings. The molecule has 0 saturated carbocycles. The summed E-state index contributed by atoms with van der Waals surface area (Å²) in [5.41, 5.74) is 1.20. The van der Waals surface area contributed by atoms with E-state index in [1.54, 1.807) is 7.11 Å². The van der Waals surface area contributed by atoms with Crippen molar-refractivity contribution >= 4 is 5.91 Å². The molecular weight excluding hydrogens is 230 g/mol. The molecule has 0 radical (unpaired) electrons. The first-order chi connectivity index (χ1) is 8.65. The van der Waals surface area contributed by atoms with Gasteiger partial charge in [-0.2, -0.15) is 0 Å². The third-order valence-corrected chi connectivity index (χ3v) is 2.50. The molecule has 0 aliphatic heterocycles. The normalized spacial score (nSPS) is 11.9. The number of hydrogen-bond donors (Lipinski definition) is 1. The second-order valence-electron chi connectivity index (χ2n) is 4.21. The van der Waals surface area contributed by atoms with Gasteiger partial charge in [-0.05, 0) is 31.0 Å². The second kappa shape index (κ2) is 7.71. The van der Waals surface area contributed by atoms with E-state index in [2.05, 4.69) is 12.2 Å². The number of benzene rings is 1. The summed E-state index contributed by atoms with van der Waals surface area (Å²) in [6, 6.07) is 7.76. The van der Waals surface area contributed by atoms with Crippen LogP contribution in [0.15, 0.2) is 24.3 Å². The van der Waals surface area contributed by atoms with Gasteiger partial charge < -0.3 is 14.8 Å². The van der Waals surface area contributed by atoms with Gasteiger partial charge in [-0.25, -0.2) is 0 Å². The lowest BCUT2D eigenvalue weighted by molar-refractivity contribution is -0.124. The number of aryl methyl sites for hydroxylation is 1. The lowest BCUT2D eigenvalue weighted by Gasteiger charge is -2.13. The van der Waals surface area contributed by atoms with Crippen molar-refractivity contribution in [2.24, 2.45) is 0 Å². The first-order valence-corrected chi connectivity index (χ1v) is 6.15. The lowest BCUT2D eigenvalue weighted by atomic mass is 10.2. The summed E-state index contributed by atoms with van der Waals surface area (Å²) in [7, 11) is 1.61. The Hall–Kier alpha value is -1.55. The molecule has 0 aromatic heterocycles. The van der Waals surface area contributed by atoms with Gasteiger partial charge in [0.25, 0.3) is 5.91 Å². The van der Waals surface area contributed by atoms with Crippen LogP contribution in [0.3, 0.4) is 0 Å². The van der Waals surface area contributed by atoms with Crippen LogP contribution in [0.2, 0.25) is 0 Å². The van der Waals surface area contributed by atoms with Crippen LogP contribution in [-0.2, 0) is 16.0 Å². The molecule has 1 atom stereocenters. The molecule has 4 nitrogen and oxygen atoms in total. The first-order valence-electron chi connectivity index (χ1n) is 6.15. The predicted octanol–water partition coefficient (Wildman–Crippen LogP) is 1.78. The summed E-state index contributed by atoms with van der Waals surface area (Å²) in [6.07, 6.45) is 0.953. The maximum Gasteiger partial charge on any atom is 0.258 e. The highest BCUT2D eigenvalue weighted by molar-refractivity contribution is 5.77. The maximum atomic E-state index is 11.6. The summed E-state index contributed by atoms with van der Waals surface area (Å²) in [4.78, 5) is 11.6. The minimum Gasteiger partial charge on any atom is -0.484 e. The average molecular weight is 251 g/mol. The molecule has 0 unspecified atom stereocenters. The fraction of sp³-hybridized carbons (Fsp3) is 0.500. The van der Waals surface area contributed by atoms with Crippen LogP contribution in [0.1, 0.15) is 19.4 Å². The van der Waals surface area contributed by atoms with Crippen molar-refractivity contribution in [3.05, 3.63) is 29.8 Å². The fourth-order valence-corrected chi connectivity index (χ4v) is 1.61. The van der Waals surface area contributed by atoms with Gasteiger partial charge in [0.1, 0.15) is 5.75 Å². The molecule has 0 saturated heterocycles. The zero-order valence-corrected chi connectivity index (χ0v) is 11.2. The van der Waals surface area contributed by atoms with E-state index in [0.29, 0.717) is 6.61 Å². The van der Waals surface area contributed by atoms with Gasteiger partial charge in [-0.3, -0.25) is 4.79 Å². The highest BCUT2D eigenvalue weighted by atomic mass is 16.5. The van der Waals surface area contributed by atoms with Crippen LogP contribution in [0.5, 0.6) is 5.75 Å². The SMILES string of the molecule is CCc1cccc(OCC(=O)N[C@@H](C)COC)c1. The van der Waals surface area contributed by atoms with E-state index in [1.165, 1.54) is 5.56 Å².